The molecule has 2 N–H and O–H groups in total. The molecule has 0 aromatic carbocycles. The summed E-state index contributed by atoms with van der Waals surface area (Å²) in [5.41, 5.74) is 0. The predicted octanol–water partition coefficient (Wildman–Crippen LogP) is 1.68. The van der Waals surface area contributed by atoms with Gasteiger partial charge in [-0.25, -0.2) is 0 Å². The Hall–Kier alpha value is -0.570. The number of hydrogen-bond donors (Lipinski definition) is 2. The van der Waals surface area contributed by atoms with Gasteiger partial charge in [0.2, 0.25) is 5.91 Å². The van der Waals surface area contributed by atoms with E-state index < -0.39 is 0 Å². The number of carbonyl (C=O) groups is 1. The van der Waals surface area contributed by atoms with Crippen molar-refractivity contribution in [1.82, 2.24) is 10.6 Å². The van der Waals surface area contributed by atoms with Crippen molar-refractivity contribution in [3.05, 3.63) is 0 Å². The molecule has 0 aromatic heterocycles. The van der Waals surface area contributed by atoms with Crippen LogP contribution in [0.5, 0.6) is 0 Å². The van der Waals surface area contributed by atoms with Crippen molar-refractivity contribution in [2.75, 3.05) is 6.54 Å². The lowest BCUT2D eigenvalue weighted by atomic mass is 9.89. The summed E-state index contributed by atoms with van der Waals surface area (Å²) >= 11 is 0. The predicted molar refractivity (Wildman–Crippen MR) is 65.1 cm³/mol. The first-order valence-corrected chi connectivity index (χ1v) is 6.74. The van der Waals surface area contributed by atoms with Gasteiger partial charge < -0.3 is 10.6 Å². The Bertz CT molecular complexity index is 254. The van der Waals surface area contributed by atoms with Gasteiger partial charge in [-0.2, -0.15) is 0 Å². The summed E-state index contributed by atoms with van der Waals surface area (Å²) in [7, 11) is 0. The molecule has 2 saturated heterocycles. The molecule has 0 radical (unpaired) electrons. The Balaban J connectivity index is 1.69. The number of hydrogen-bond acceptors (Lipinski definition) is 2. The van der Waals surface area contributed by atoms with Gasteiger partial charge in [-0.3, -0.25) is 4.79 Å². The van der Waals surface area contributed by atoms with Crippen LogP contribution >= 0.6 is 0 Å². The van der Waals surface area contributed by atoms with Gasteiger partial charge in [0.25, 0.3) is 0 Å². The van der Waals surface area contributed by atoms with Gasteiger partial charge in [0.1, 0.15) is 0 Å². The molecule has 2 rings (SSSR count). The minimum atomic E-state index is 0.177. The molecule has 0 aromatic rings. The summed E-state index contributed by atoms with van der Waals surface area (Å²) in [5, 5.41) is 6.72. The Morgan fingerprint density at radius 3 is 2.88 bits per heavy atom. The lowest BCUT2D eigenvalue weighted by Gasteiger charge is -2.21. The van der Waals surface area contributed by atoms with Gasteiger partial charge in [0.05, 0.1) is 0 Å². The summed E-state index contributed by atoms with van der Waals surface area (Å²) in [5.74, 6) is 1.10. The van der Waals surface area contributed by atoms with E-state index in [0.717, 1.165) is 25.4 Å². The number of amides is 1. The summed E-state index contributed by atoms with van der Waals surface area (Å²) < 4.78 is 0. The zero-order valence-corrected chi connectivity index (χ0v) is 10.5. The number of nitrogens with one attached hydrogen (secondary N) is 2. The van der Waals surface area contributed by atoms with Crippen LogP contribution in [0.15, 0.2) is 0 Å². The average Bonchev–Trinajstić information content (AvgIpc) is 2.87. The van der Waals surface area contributed by atoms with Crippen molar-refractivity contribution in [3.63, 3.8) is 0 Å². The second kappa shape index (κ2) is 5.17. The molecule has 3 nitrogen and oxygen atoms in total. The van der Waals surface area contributed by atoms with E-state index in [1.165, 1.54) is 19.3 Å². The molecule has 2 heterocycles. The molecule has 1 amide bonds. The lowest BCUT2D eigenvalue weighted by Crippen LogP contribution is -2.37. The van der Waals surface area contributed by atoms with Crippen molar-refractivity contribution in [1.29, 1.82) is 0 Å². The number of fused-ring (bicyclic) bond motifs is 2. The van der Waals surface area contributed by atoms with Gasteiger partial charge >= 0.3 is 0 Å². The maximum Gasteiger partial charge on any atom is 0.222 e. The van der Waals surface area contributed by atoms with Crippen LogP contribution in [0.1, 0.15) is 46.0 Å². The third-order valence-corrected chi connectivity index (χ3v) is 4.14. The third-order valence-electron chi connectivity index (χ3n) is 4.14. The zero-order chi connectivity index (χ0) is 11.5. The molecule has 0 spiro atoms. The zero-order valence-electron chi connectivity index (χ0n) is 10.5. The topological polar surface area (TPSA) is 41.1 Å². The highest BCUT2D eigenvalue weighted by atomic mass is 16.1. The van der Waals surface area contributed by atoms with Gasteiger partial charge in [0.15, 0.2) is 0 Å². The SMILES string of the molecule is CCCC(C)C(=O)NCC1CC2CCC1N2. The Morgan fingerprint density at radius 2 is 2.31 bits per heavy atom. The van der Waals surface area contributed by atoms with Crippen LogP contribution in [-0.4, -0.2) is 24.5 Å². The Morgan fingerprint density at radius 1 is 1.50 bits per heavy atom. The van der Waals surface area contributed by atoms with Gasteiger partial charge in [-0.05, 0) is 31.6 Å². The summed E-state index contributed by atoms with van der Waals surface area (Å²) in [6.45, 7) is 5.03. The van der Waals surface area contributed by atoms with Gasteiger partial charge in [0, 0.05) is 24.5 Å². The molecule has 4 unspecified atom stereocenters. The number of carbonyl (C=O) groups excluding carboxylic acids is 1. The van der Waals surface area contributed by atoms with Crippen LogP contribution in [0.4, 0.5) is 0 Å². The van der Waals surface area contributed by atoms with Crippen molar-refractivity contribution in [2.45, 2.75) is 58.0 Å². The minimum absolute atomic E-state index is 0.177. The second-order valence-electron chi connectivity index (χ2n) is 5.48. The molecule has 2 bridgehead atoms. The highest BCUT2D eigenvalue weighted by Gasteiger charge is 2.38. The maximum absolute atomic E-state index is 11.8. The molecule has 0 saturated carbocycles. The molecule has 4 atom stereocenters. The lowest BCUT2D eigenvalue weighted by molar-refractivity contribution is -0.124. The quantitative estimate of drug-likeness (QED) is 0.746. The molecule has 2 aliphatic heterocycles. The van der Waals surface area contributed by atoms with Crippen LogP contribution < -0.4 is 10.6 Å². The first kappa shape index (κ1) is 11.9. The van der Waals surface area contributed by atoms with Gasteiger partial charge in [-0.1, -0.05) is 20.3 Å². The fourth-order valence-corrected chi connectivity index (χ4v) is 3.13. The van der Waals surface area contributed by atoms with E-state index in [1.807, 2.05) is 6.92 Å². The van der Waals surface area contributed by atoms with E-state index in [0.29, 0.717) is 12.0 Å². The van der Waals surface area contributed by atoms with Crippen LogP contribution in [-0.2, 0) is 4.79 Å². The molecule has 92 valence electrons. The molecule has 0 aliphatic carbocycles. The monoisotopic (exact) mass is 224 g/mol. The maximum atomic E-state index is 11.8. The summed E-state index contributed by atoms with van der Waals surface area (Å²) in [6, 6.07) is 1.41. The molecular formula is C13H24N2O. The van der Waals surface area contributed by atoms with E-state index in [4.69, 9.17) is 0 Å². The molecular weight excluding hydrogens is 200 g/mol. The highest BCUT2D eigenvalue weighted by molar-refractivity contribution is 5.78. The third kappa shape index (κ3) is 2.57. The smallest absolute Gasteiger partial charge is 0.222 e. The largest absolute Gasteiger partial charge is 0.356 e. The van der Waals surface area contributed by atoms with Crippen LogP contribution in [0.2, 0.25) is 0 Å². The highest BCUT2D eigenvalue weighted by Crippen LogP contribution is 2.32. The Kier molecular flexibility index (Phi) is 3.85. The van der Waals surface area contributed by atoms with Crippen molar-refractivity contribution < 1.29 is 4.79 Å². The Labute approximate surface area is 98.4 Å². The van der Waals surface area contributed by atoms with E-state index in [1.54, 1.807) is 0 Å². The van der Waals surface area contributed by atoms with Crippen LogP contribution in [0.25, 0.3) is 0 Å². The van der Waals surface area contributed by atoms with Crippen molar-refractivity contribution in [3.8, 4) is 0 Å². The molecule has 2 aliphatic rings. The van der Waals surface area contributed by atoms with E-state index in [2.05, 4.69) is 17.6 Å². The standard InChI is InChI=1S/C13H24N2O/c1-3-4-9(2)13(16)14-8-10-7-11-5-6-12(10)15-11/h9-12,15H,3-8H2,1-2H3,(H,14,16). The van der Waals surface area contributed by atoms with E-state index in [9.17, 15) is 4.79 Å². The summed E-state index contributed by atoms with van der Waals surface area (Å²) in [6.07, 6.45) is 5.98. The fraction of sp³-hybridized carbons (Fsp3) is 0.923. The van der Waals surface area contributed by atoms with E-state index >= 15 is 0 Å². The number of rotatable bonds is 5. The normalized spacial score (nSPS) is 34.0. The van der Waals surface area contributed by atoms with Gasteiger partial charge in [-0.15, -0.1) is 0 Å². The minimum Gasteiger partial charge on any atom is -0.356 e. The summed E-state index contributed by atoms with van der Waals surface area (Å²) in [4.78, 5) is 11.8. The van der Waals surface area contributed by atoms with Crippen LogP contribution in [0.3, 0.4) is 0 Å². The van der Waals surface area contributed by atoms with Crippen molar-refractivity contribution in [2.24, 2.45) is 11.8 Å². The van der Waals surface area contributed by atoms with Crippen LogP contribution in [0, 0.1) is 11.8 Å². The first-order chi connectivity index (χ1) is 7.70. The average molecular weight is 224 g/mol. The fourth-order valence-electron chi connectivity index (χ4n) is 3.13. The van der Waals surface area contributed by atoms with E-state index in [-0.39, 0.29) is 11.8 Å². The molecule has 2 fully saturated rings. The first-order valence-electron chi connectivity index (χ1n) is 6.74. The van der Waals surface area contributed by atoms with Crippen molar-refractivity contribution >= 4 is 5.91 Å². The second-order valence-corrected chi connectivity index (χ2v) is 5.48. The molecule has 3 heteroatoms. The molecule has 16 heavy (non-hydrogen) atoms.